The van der Waals surface area contributed by atoms with E-state index in [2.05, 4.69) is 11.0 Å². The second-order valence-electron chi connectivity index (χ2n) is 2.71. The van der Waals surface area contributed by atoms with Gasteiger partial charge in [0, 0.05) is 25.2 Å². The van der Waals surface area contributed by atoms with Crippen LogP contribution < -0.4 is 0 Å². The monoisotopic (exact) mass is 164 g/mol. The van der Waals surface area contributed by atoms with Crippen LogP contribution in [0.5, 0.6) is 0 Å². The first-order valence-electron chi connectivity index (χ1n) is 3.84. The van der Waals surface area contributed by atoms with Crippen LogP contribution in [-0.4, -0.2) is 14.9 Å². The van der Waals surface area contributed by atoms with Crippen LogP contribution in [0.1, 0.15) is 24.5 Å². The molecule has 1 atom stereocenters. The number of terminal acetylenes is 1. The fraction of sp³-hybridized carbons (Fsp3) is 0.444. The molecule has 0 saturated heterocycles. The molecule has 0 amide bonds. The summed E-state index contributed by atoms with van der Waals surface area (Å²) in [5.74, 6) is 2.49. The van der Waals surface area contributed by atoms with Crippen LogP contribution in [-0.2, 0) is 7.05 Å². The Kier molecular flexibility index (Phi) is 2.89. The summed E-state index contributed by atoms with van der Waals surface area (Å²) in [7, 11) is 1.82. The third kappa shape index (κ3) is 2.11. The zero-order valence-electron chi connectivity index (χ0n) is 7.07. The Balaban J connectivity index is 2.54. The smallest absolute Gasteiger partial charge is 0.0829 e. The lowest BCUT2D eigenvalue weighted by Crippen LogP contribution is -1.94. The highest BCUT2D eigenvalue weighted by atomic mass is 16.3. The Labute approximate surface area is 72.0 Å². The van der Waals surface area contributed by atoms with Gasteiger partial charge >= 0.3 is 0 Å². The number of hydrogen-bond acceptors (Lipinski definition) is 2. The zero-order valence-corrected chi connectivity index (χ0v) is 7.07. The number of aliphatic hydroxyl groups is 1. The Morgan fingerprint density at radius 2 is 2.58 bits per heavy atom. The standard InChI is InChI=1S/C9H12N2O/c1-3-4-5-9(12)8-6-10-11(2)7-8/h1,6-7,9,12H,4-5H2,2H3. The van der Waals surface area contributed by atoms with E-state index in [1.54, 1.807) is 17.1 Å². The van der Waals surface area contributed by atoms with Crippen molar-refractivity contribution >= 4 is 0 Å². The number of nitrogens with zero attached hydrogens (tertiary/aromatic N) is 2. The summed E-state index contributed by atoms with van der Waals surface area (Å²) in [5, 5.41) is 13.5. The van der Waals surface area contributed by atoms with Crippen molar-refractivity contribution in [3.05, 3.63) is 18.0 Å². The van der Waals surface area contributed by atoms with Crippen LogP contribution >= 0.6 is 0 Å². The van der Waals surface area contributed by atoms with Gasteiger partial charge in [0.25, 0.3) is 0 Å². The maximum Gasteiger partial charge on any atom is 0.0829 e. The molecule has 0 bridgehead atoms. The Morgan fingerprint density at radius 3 is 3.08 bits per heavy atom. The summed E-state index contributed by atoms with van der Waals surface area (Å²) in [4.78, 5) is 0. The maximum absolute atomic E-state index is 9.52. The van der Waals surface area contributed by atoms with Gasteiger partial charge < -0.3 is 5.11 Å². The van der Waals surface area contributed by atoms with Crippen molar-refractivity contribution in [2.75, 3.05) is 0 Å². The van der Waals surface area contributed by atoms with Gasteiger partial charge in [-0.05, 0) is 6.42 Å². The van der Waals surface area contributed by atoms with Crippen molar-refractivity contribution in [2.24, 2.45) is 7.05 Å². The molecular formula is C9H12N2O. The molecule has 1 unspecified atom stereocenters. The SMILES string of the molecule is C#CCCC(O)c1cnn(C)c1. The van der Waals surface area contributed by atoms with Crippen molar-refractivity contribution in [2.45, 2.75) is 18.9 Å². The number of rotatable bonds is 3. The van der Waals surface area contributed by atoms with Crippen molar-refractivity contribution in [1.29, 1.82) is 0 Å². The van der Waals surface area contributed by atoms with E-state index in [0.717, 1.165) is 5.56 Å². The molecule has 12 heavy (non-hydrogen) atoms. The van der Waals surface area contributed by atoms with E-state index in [1.165, 1.54) is 0 Å². The van der Waals surface area contributed by atoms with Crippen LogP contribution in [0.3, 0.4) is 0 Å². The quantitative estimate of drug-likeness (QED) is 0.673. The van der Waals surface area contributed by atoms with Crippen LogP contribution in [0, 0.1) is 12.3 Å². The van der Waals surface area contributed by atoms with Gasteiger partial charge in [-0.15, -0.1) is 12.3 Å². The second kappa shape index (κ2) is 3.93. The first-order valence-corrected chi connectivity index (χ1v) is 3.84. The first kappa shape index (κ1) is 8.82. The number of hydrogen-bond donors (Lipinski definition) is 1. The zero-order chi connectivity index (χ0) is 8.97. The van der Waals surface area contributed by atoms with E-state index in [1.807, 2.05) is 7.05 Å². The normalized spacial score (nSPS) is 12.4. The van der Waals surface area contributed by atoms with Gasteiger partial charge in [-0.2, -0.15) is 5.10 Å². The Hall–Kier alpha value is -1.27. The Morgan fingerprint density at radius 1 is 1.83 bits per heavy atom. The highest BCUT2D eigenvalue weighted by Gasteiger charge is 2.07. The summed E-state index contributed by atoms with van der Waals surface area (Å²) >= 11 is 0. The highest BCUT2D eigenvalue weighted by Crippen LogP contribution is 2.16. The van der Waals surface area contributed by atoms with E-state index in [9.17, 15) is 5.11 Å². The molecule has 3 nitrogen and oxygen atoms in total. The fourth-order valence-electron chi connectivity index (χ4n) is 0.999. The minimum Gasteiger partial charge on any atom is -0.388 e. The van der Waals surface area contributed by atoms with Gasteiger partial charge in [0.2, 0.25) is 0 Å². The van der Waals surface area contributed by atoms with Crippen LogP contribution in [0.25, 0.3) is 0 Å². The predicted molar refractivity (Wildman–Crippen MR) is 46.2 cm³/mol. The molecule has 0 aliphatic rings. The minimum absolute atomic E-state index is 0.477. The van der Waals surface area contributed by atoms with Crippen LogP contribution in [0.15, 0.2) is 12.4 Å². The third-order valence-corrected chi connectivity index (χ3v) is 1.67. The van der Waals surface area contributed by atoms with Crippen LogP contribution in [0.4, 0.5) is 0 Å². The van der Waals surface area contributed by atoms with Gasteiger partial charge in [0.05, 0.1) is 12.3 Å². The molecule has 0 radical (unpaired) electrons. The van der Waals surface area contributed by atoms with Crippen molar-refractivity contribution in [3.8, 4) is 12.3 Å². The molecule has 0 aliphatic carbocycles. The van der Waals surface area contributed by atoms with Gasteiger partial charge in [0.15, 0.2) is 0 Å². The minimum atomic E-state index is -0.477. The molecule has 1 aromatic heterocycles. The van der Waals surface area contributed by atoms with E-state index in [4.69, 9.17) is 6.42 Å². The summed E-state index contributed by atoms with van der Waals surface area (Å²) in [5.41, 5.74) is 0.827. The van der Waals surface area contributed by atoms with Gasteiger partial charge in [-0.1, -0.05) is 0 Å². The summed E-state index contributed by atoms with van der Waals surface area (Å²) in [6.07, 6.45) is 9.24. The average Bonchev–Trinajstić information content (AvgIpc) is 2.47. The molecule has 1 N–H and O–H groups in total. The van der Waals surface area contributed by atoms with Gasteiger partial charge in [-0.25, -0.2) is 0 Å². The lowest BCUT2D eigenvalue weighted by Gasteiger charge is -2.03. The molecule has 1 heterocycles. The number of aryl methyl sites for hydroxylation is 1. The van der Waals surface area contributed by atoms with E-state index < -0.39 is 6.10 Å². The molecule has 0 saturated carbocycles. The molecule has 64 valence electrons. The van der Waals surface area contributed by atoms with E-state index in [0.29, 0.717) is 12.8 Å². The van der Waals surface area contributed by atoms with E-state index in [-0.39, 0.29) is 0 Å². The summed E-state index contributed by atoms with van der Waals surface area (Å²) < 4.78 is 1.66. The highest BCUT2D eigenvalue weighted by molar-refractivity contribution is 5.08. The third-order valence-electron chi connectivity index (χ3n) is 1.67. The molecule has 3 heteroatoms. The summed E-state index contributed by atoms with van der Waals surface area (Å²) in [6, 6.07) is 0. The fourth-order valence-corrected chi connectivity index (χ4v) is 0.999. The number of aliphatic hydroxyl groups excluding tert-OH is 1. The molecule has 1 aromatic rings. The Bertz CT molecular complexity index is 285. The lowest BCUT2D eigenvalue weighted by atomic mass is 10.1. The van der Waals surface area contributed by atoms with Gasteiger partial charge in [0.1, 0.15) is 0 Å². The van der Waals surface area contributed by atoms with Crippen molar-refractivity contribution < 1.29 is 5.11 Å². The largest absolute Gasteiger partial charge is 0.388 e. The van der Waals surface area contributed by atoms with Crippen molar-refractivity contribution in [3.63, 3.8) is 0 Å². The predicted octanol–water partition coefficient (Wildman–Crippen LogP) is 0.867. The van der Waals surface area contributed by atoms with Crippen molar-refractivity contribution in [1.82, 2.24) is 9.78 Å². The number of aromatic nitrogens is 2. The lowest BCUT2D eigenvalue weighted by molar-refractivity contribution is 0.169. The first-order chi connectivity index (χ1) is 5.74. The maximum atomic E-state index is 9.52. The van der Waals surface area contributed by atoms with E-state index >= 15 is 0 Å². The molecular weight excluding hydrogens is 152 g/mol. The molecule has 0 spiro atoms. The second-order valence-corrected chi connectivity index (χ2v) is 2.71. The molecule has 0 fully saturated rings. The average molecular weight is 164 g/mol. The summed E-state index contributed by atoms with van der Waals surface area (Å²) in [6.45, 7) is 0. The topological polar surface area (TPSA) is 38.1 Å². The molecule has 0 aliphatic heterocycles. The van der Waals surface area contributed by atoms with Crippen LogP contribution in [0.2, 0.25) is 0 Å². The molecule has 1 rings (SSSR count). The van der Waals surface area contributed by atoms with Gasteiger partial charge in [-0.3, -0.25) is 4.68 Å². The molecule has 0 aromatic carbocycles.